The molecule has 1 aliphatic heterocycles. The van der Waals surface area contributed by atoms with Crippen LogP contribution in [-0.2, 0) is 9.59 Å². The van der Waals surface area contributed by atoms with Crippen LogP contribution in [0.5, 0.6) is 0 Å². The predicted octanol–water partition coefficient (Wildman–Crippen LogP) is 2.50. The predicted molar refractivity (Wildman–Crippen MR) is 97.9 cm³/mol. The summed E-state index contributed by atoms with van der Waals surface area (Å²) >= 11 is 0. The van der Waals surface area contributed by atoms with E-state index in [9.17, 15) is 9.59 Å². The van der Waals surface area contributed by atoms with Crippen LogP contribution in [0.3, 0.4) is 0 Å². The second kappa shape index (κ2) is 6.99. The molecular weight excluding hydrogens is 346 g/mol. The number of fused-ring (bicyclic) bond motifs is 1. The highest BCUT2D eigenvalue weighted by Crippen LogP contribution is 2.35. The van der Waals surface area contributed by atoms with Crippen molar-refractivity contribution in [2.24, 2.45) is 5.10 Å². The number of carbonyl (C=O) groups excluding carboxylic acids is 1. The summed E-state index contributed by atoms with van der Waals surface area (Å²) < 4.78 is 0. The minimum Gasteiger partial charge on any atom is -0.481 e. The van der Waals surface area contributed by atoms with Crippen molar-refractivity contribution in [1.82, 2.24) is 20.0 Å². The van der Waals surface area contributed by atoms with Crippen LogP contribution in [0.4, 0.5) is 0 Å². The van der Waals surface area contributed by atoms with Crippen molar-refractivity contribution in [2.75, 3.05) is 0 Å². The summed E-state index contributed by atoms with van der Waals surface area (Å²) in [5.41, 5.74) is 3.87. The molecule has 27 heavy (non-hydrogen) atoms. The molecule has 3 heterocycles. The topological polar surface area (TPSA) is 112 Å². The SMILES string of the molecule is O=C(O)CCC(=O)N1N=C(c2ccc[nH]2)C[C@H]1c1cccc2nccnc12. The summed E-state index contributed by atoms with van der Waals surface area (Å²) in [4.78, 5) is 35.4. The third kappa shape index (κ3) is 3.29. The Morgan fingerprint density at radius 2 is 2.00 bits per heavy atom. The molecule has 2 N–H and O–H groups in total. The molecule has 1 aromatic carbocycles. The lowest BCUT2D eigenvalue weighted by atomic mass is 9.99. The second-order valence-corrected chi connectivity index (χ2v) is 6.25. The molecule has 0 spiro atoms. The third-order valence-corrected chi connectivity index (χ3v) is 4.52. The average Bonchev–Trinajstić information content (AvgIpc) is 3.35. The smallest absolute Gasteiger partial charge is 0.303 e. The Morgan fingerprint density at radius 1 is 1.15 bits per heavy atom. The number of hydrogen-bond donors (Lipinski definition) is 2. The van der Waals surface area contributed by atoms with E-state index in [4.69, 9.17) is 5.11 Å². The van der Waals surface area contributed by atoms with Crippen LogP contribution in [-0.4, -0.2) is 42.7 Å². The van der Waals surface area contributed by atoms with Crippen LogP contribution < -0.4 is 0 Å². The van der Waals surface area contributed by atoms with Gasteiger partial charge in [-0.25, -0.2) is 5.01 Å². The number of benzene rings is 1. The lowest BCUT2D eigenvalue weighted by Crippen LogP contribution is -2.27. The maximum absolute atomic E-state index is 12.7. The first-order chi connectivity index (χ1) is 13.1. The quantitative estimate of drug-likeness (QED) is 0.723. The Kier molecular flexibility index (Phi) is 4.37. The summed E-state index contributed by atoms with van der Waals surface area (Å²) in [7, 11) is 0. The molecule has 2 aromatic heterocycles. The number of carbonyl (C=O) groups is 2. The van der Waals surface area contributed by atoms with Gasteiger partial charge in [0.2, 0.25) is 5.91 Å². The summed E-state index contributed by atoms with van der Waals surface area (Å²) in [6, 6.07) is 9.05. The molecule has 4 rings (SSSR count). The maximum atomic E-state index is 12.7. The zero-order chi connectivity index (χ0) is 18.8. The molecule has 0 saturated heterocycles. The number of hydrazone groups is 1. The van der Waals surface area contributed by atoms with Crippen LogP contribution in [0, 0.1) is 0 Å². The van der Waals surface area contributed by atoms with Gasteiger partial charge in [-0.3, -0.25) is 19.6 Å². The summed E-state index contributed by atoms with van der Waals surface area (Å²) in [5.74, 6) is -1.34. The first kappa shape index (κ1) is 16.9. The van der Waals surface area contributed by atoms with E-state index in [-0.39, 0.29) is 24.8 Å². The molecule has 1 aliphatic rings. The molecule has 0 radical (unpaired) electrons. The number of aromatic amines is 1. The highest BCUT2D eigenvalue weighted by Gasteiger charge is 2.34. The van der Waals surface area contributed by atoms with Gasteiger partial charge in [-0.1, -0.05) is 12.1 Å². The number of nitrogens with one attached hydrogen (secondary N) is 1. The number of aromatic nitrogens is 3. The van der Waals surface area contributed by atoms with E-state index in [1.165, 1.54) is 5.01 Å². The fourth-order valence-corrected chi connectivity index (χ4v) is 3.27. The monoisotopic (exact) mass is 363 g/mol. The average molecular weight is 363 g/mol. The van der Waals surface area contributed by atoms with Crippen LogP contribution in [0.2, 0.25) is 0 Å². The Hall–Kier alpha value is -3.55. The fraction of sp³-hybridized carbons (Fsp3) is 0.211. The molecule has 0 bridgehead atoms. The first-order valence-corrected chi connectivity index (χ1v) is 8.58. The van der Waals surface area contributed by atoms with Gasteiger partial charge in [-0.05, 0) is 18.2 Å². The molecule has 0 saturated carbocycles. The van der Waals surface area contributed by atoms with Gasteiger partial charge in [0.05, 0.1) is 34.9 Å². The number of carboxylic acid groups (broad SMARTS) is 1. The van der Waals surface area contributed by atoms with Gasteiger partial charge in [-0.15, -0.1) is 0 Å². The number of rotatable bonds is 5. The van der Waals surface area contributed by atoms with Gasteiger partial charge < -0.3 is 10.1 Å². The van der Waals surface area contributed by atoms with E-state index >= 15 is 0 Å². The van der Waals surface area contributed by atoms with E-state index in [2.05, 4.69) is 20.1 Å². The molecule has 8 heteroatoms. The number of hydrogen-bond acceptors (Lipinski definition) is 5. The molecular formula is C19H17N5O3. The van der Waals surface area contributed by atoms with Crippen molar-refractivity contribution in [3.05, 3.63) is 60.2 Å². The van der Waals surface area contributed by atoms with Crippen molar-refractivity contribution in [1.29, 1.82) is 0 Å². The van der Waals surface area contributed by atoms with Crippen molar-refractivity contribution < 1.29 is 14.7 Å². The summed E-state index contributed by atoms with van der Waals surface area (Å²) in [6.45, 7) is 0. The first-order valence-electron chi connectivity index (χ1n) is 8.58. The molecule has 1 amide bonds. The van der Waals surface area contributed by atoms with E-state index in [1.807, 2.05) is 30.3 Å². The van der Waals surface area contributed by atoms with Gasteiger partial charge in [0.15, 0.2) is 0 Å². The van der Waals surface area contributed by atoms with Gasteiger partial charge in [0.25, 0.3) is 0 Å². The number of nitrogens with zero attached hydrogens (tertiary/aromatic N) is 4. The zero-order valence-electron chi connectivity index (χ0n) is 14.4. The van der Waals surface area contributed by atoms with Gasteiger partial charge in [-0.2, -0.15) is 5.10 Å². The number of para-hydroxylation sites is 1. The number of amides is 1. The van der Waals surface area contributed by atoms with E-state index < -0.39 is 5.97 Å². The Balaban J connectivity index is 1.73. The molecule has 136 valence electrons. The lowest BCUT2D eigenvalue weighted by Gasteiger charge is -2.22. The molecule has 1 atom stereocenters. The van der Waals surface area contributed by atoms with Gasteiger partial charge in [0.1, 0.15) is 0 Å². The standard InChI is InChI=1S/C19H17N5O3/c25-17(6-7-18(26)27)24-16(11-15(23-24)13-5-2-8-20-13)12-3-1-4-14-19(12)22-10-9-21-14/h1-5,8-10,16,20H,6-7,11H2,(H,26,27)/t16-/m0/s1. The van der Waals surface area contributed by atoms with Crippen molar-refractivity contribution in [3.8, 4) is 0 Å². The molecule has 0 fully saturated rings. The van der Waals surface area contributed by atoms with Crippen LogP contribution in [0.25, 0.3) is 11.0 Å². The second-order valence-electron chi connectivity index (χ2n) is 6.25. The highest BCUT2D eigenvalue weighted by atomic mass is 16.4. The van der Waals surface area contributed by atoms with Crippen LogP contribution in [0.15, 0.2) is 54.0 Å². The highest BCUT2D eigenvalue weighted by molar-refractivity contribution is 6.02. The molecule has 0 aliphatic carbocycles. The van der Waals surface area contributed by atoms with Crippen LogP contribution >= 0.6 is 0 Å². The Morgan fingerprint density at radius 3 is 2.78 bits per heavy atom. The minimum absolute atomic E-state index is 0.107. The minimum atomic E-state index is -1.01. The van der Waals surface area contributed by atoms with Crippen LogP contribution in [0.1, 0.15) is 36.6 Å². The van der Waals surface area contributed by atoms with Gasteiger partial charge >= 0.3 is 5.97 Å². The third-order valence-electron chi connectivity index (χ3n) is 4.52. The number of carboxylic acids is 1. The van der Waals surface area contributed by atoms with E-state index in [1.54, 1.807) is 18.6 Å². The van der Waals surface area contributed by atoms with Crippen molar-refractivity contribution in [2.45, 2.75) is 25.3 Å². The molecule has 8 nitrogen and oxygen atoms in total. The molecule has 0 unspecified atom stereocenters. The molecule has 3 aromatic rings. The fourth-order valence-electron chi connectivity index (χ4n) is 3.27. The normalized spacial score (nSPS) is 16.5. The number of H-pyrrole nitrogens is 1. The number of aliphatic carboxylic acids is 1. The maximum Gasteiger partial charge on any atom is 0.303 e. The van der Waals surface area contributed by atoms with Crippen molar-refractivity contribution in [3.63, 3.8) is 0 Å². The lowest BCUT2D eigenvalue weighted by molar-refractivity contribution is -0.141. The Bertz CT molecular complexity index is 1020. The van der Waals surface area contributed by atoms with Crippen molar-refractivity contribution >= 4 is 28.6 Å². The summed E-state index contributed by atoms with van der Waals surface area (Å²) in [5, 5.41) is 14.8. The summed E-state index contributed by atoms with van der Waals surface area (Å²) in [6.07, 6.45) is 5.20. The van der Waals surface area contributed by atoms with E-state index in [0.717, 1.165) is 22.5 Å². The van der Waals surface area contributed by atoms with E-state index in [0.29, 0.717) is 11.9 Å². The van der Waals surface area contributed by atoms with Gasteiger partial charge in [0, 0.05) is 37.0 Å². The zero-order valence-corrected chi connectivity index (χ0v) is 14.4. The Labute approximate surface area is 154 Å². The largest absolute Gasteiger partial charge is 0.481 e.